The summed E-state index contributed by atoms with van der Waals surface area (Å²) in [4.78, 5) is 11.5. The second-order valence-electron chi connectivity index (χ2n) is 5.51. The first kappa shape index (κ1) is 14.4. The zero-order chi connectivity index (χ0) is 12.3. The largest absolute Gasteiger partial charge is 0.367 e. The lowest BCUT2D eigenvalue weighted by molar-refractivity contribution is -0.140. The van der Waals surface area contributed by atoms with Gasteiger partial charge < -0.3 is 4.74 Å². The van der Waals surface area contributed by atoms with E-state index in [2.05, 4.69) is 34.3 Å². The van der Waals surface area contributed by atoms with Crippen molar-refractivity contribution in [3.63, 3.8) is 0 Å². The Kier molecular flexibility index (Phi) is 4.72. The Labute approximate surface area is 93.7 Å². The Morgan fingerprint density at radius 3 is 2.13 bits per heavy atom. The molecule has 0 heterocycles. The number of carbonyl (C=O) groups is 1. The van der Waals surface area contributed by atoms with E-state index >= 15 is 0 Å². The molecule has 0 bridgehead atoms. The SMILES string of the molecule is C=CC(=O)C(C)(C)OCC(C)(C)C(C)C. The van der Waals surface area contributed by atoms with Crippen LogP contribution in [-0.2, 0) is 9.53 Å². The summed E-state index contributed by atoms with van der Waals surface area (Å²) in [7, 11) is 0. The fourth-order valence-corrected chi connectivity index (χ4v) is 0.850. The zero-order valence-corrected chi connectivity index (χ0v) is 10.9. The van der Waals surface area contributed by atoms with Crippen molar-refractivity contribution in [3.8, 4) is 0 Å². The molecule has 0 rings (SSSR count). The van der Waals surface area contributed by atoms with Gasteiger partial charge >= 0.3 is 0 Å². The van der Waals surface area contributed by atoms with E-state index in [1.54, 1.807) is 13.8 Å². The maximum Gasteiger partial charge on any atom is 0.186 e. The van der Waals surface area contributed by atoms with Gasteiger partial charge in [0.1, 0.15) is 5.60 Å². The Morgan fingerprint density at radius 2 is 1.80 bits per heavy atom. The average molecular weight is 212 g/mol. The standard InChI is InChI=1S/C13H24O2/c1-8-11(14)13(6,7)15-9-12(4,5)10(2)3/h8,10H,1,9H2,2-7H3. The molecule has 2 heteroatoms. The number of ether oxygens (including phenoxy) is 1. The summed E-state index contributed by atoms with van der Waals surface area (Å²) in [6, 6.07) is 0. The molecule has 0 radical (unpaired) electrons. The third-order valence-electron chi connectivity index (χ3n) is 3.15. The van der Waals surface area contributed by atoms with Gasteiger partial charge in [-0.1, -0.05) is 34.3 Å². The zero-order valence-electron chi connectivity index (χ0n) is 10.9. The van der Waals surface area contributed by atoms with Crippen LogP contribution >= 0.6 is 0 Å². The maximum atomic E-state index is 11.5. The van der Waals surface area contributed by atoms with Gasteiger partial charge in [-0.3, -0.25) is 4.79 Å². The molecule has 0 aromatic heterocycles. The molecule has 2 nitrogen and oxygen atoms in total. The molecule has 0 saturated heterocycles. The van der Waals surface area contributed by atoms with E-state index in [9.17, 15) is 4.79 Å². The summed E-state index contributed by atoms with van der Waals surface area (Å²) in [5.41, 5.74) is -0.674. The second-order valence-corrected chi connectivity index (χ2v) is 5.51. The van der Waals surface area contributed by atoms with E-state index in [1.165, 1.54) is 6.08 Å². The Morgan fingerprint density at radius 1 is 1.33 bits per heavy atom. The summed E-state index contributed by atoms with van der Waals surface area (Å²) < 4.78 is 5.69. The number of hydrogen-bond acceptors (Lipinski definition) is 2. The first-order chi connectivity index (χ1) is 6.63. The lowest BCUT2D eigenvalue weighted by atomic mass is 9.82. The smallest absolute Gasteiger partial charge is 0.186 e. The highest BCUT2D eigenvalue weighted by Crippen LogP contribution is 2.28. The summed E-state index contributed by atoms with van der Waals surface area (Å²) in [5.74, 6) is 0.453. The number of ketones is 1. The van der Waals surface area contributed by atoms with E-state index in [1.807, 2.05) is 0 Å². The molecule has 0 saturated carbocycles. The molecule has 0 aliphatic carbocycles. The van der Waals surface area contributed by atoms with Crippen molar-refractivity contribution in [2.75, 3.05) is 6.61 Å². The topological polar surface area (TPSA) is 26.3 Å². The summed E-state index contributed by atoms with van der Waals surface area (Å²) in [6.07, 6.45) is 1.32. The average Bonchev–Trinajstić information content (AvgIpc) is 2.13. The van der Waals surface area contributed by atoms with Crippen LogP contribution in [0.2, 0.25) is 0 Å². The van der Waals surface area contributed by atoms with Crippen LogP contribution in [0.3, 0.4) is 0 Å². The number of carbonyl (C=O) groups excluding carboxylic acids is 1. The first-order valence-corrected chi connectivity index (χ1v) is 5.44. The quantitative estimate of drug-likeness (QED) is 0.632. The predicted molar refractivity (Wildman–Crippen MR) is 63.9 cm³/mol. The van der Waals surface area contributed by atoms with Gasteiger partial charge in [0.15, 0.2) is 5.78 Å². The highest BCUT2D eigenvalue weighted by atomic mass is 16.5. The number of hydrogen-bond donors (Lipinski definition) is 0. The van der Waals surface area contributed by atoms with Crippen LogP contribution < -0.4 is 0 Å². The minimum absolute atomic E-state index is 0.0675. The van der Waals surface area contributed by atoms with Crippen LogP contribution in [0.4, 0.5) is 0 Å². The molecular formula is C13H24O2. The van der Waals surface area contributed by atoms with Crippen molar-refractivity contribution >= 4 is 5.78 Å². The fraction of sp³-hybridized carbons (Fsp3) is 0.769. The van der Waals surface area contributed by atoms with Crippen LogP contribution in [0.25, 0.3) is 0 Å². The lowest BCUT2D eigenvalue weighted by Gasteiger charge is -2.33. The predicted octanol–water partition coefficient (Wildman–Crippen LogP) is 3.22. The third-order valence-corrected chi connectivity index (χ3v) is 3.15. The van der Waals surface area contributed by atoms with E-state index in [0.29, 0.717) is 12.5 Å². The molecule has 0 spiro atoms. The summed E-state index contributed by atoms with van der Waals surface area (Å²) in [5, 5.41) is 0. The van der Waals surface area contributed by atoms with Gasteiger partial charge in [0.05, 0.1) is 6.61 Å². The molecule has 0 unspecified atom stereocenters. The third kappa shape index (κ3) is 4.17. The van der Waals surface area contributed by atoms with Crippen molar-refractivity contribution in [1.82, 2.24) is 0 Å². The minimum atomic E-state index is -0.756. The van der Waals surface area contributed by atoms with Gasteiger partial charge in [-0.15, -0.1) is 0 Å². The fourth-order valence-electron chi connectivity index (χ4n) is 0.850. The monoisotopic (exact) mass is 212 g/mol. The van der Waals surface area contributed by atoms with Crippen molar-refractivity contribution in [3.05, 3.63) is 12.7 Å². The first-order valence-electron chi connectivity index (χ1n) is 5.44. The molecule has 0 atom stereocenters. The molecule has 15 heavy (non-hydrogen) atoms. The summed E-state index contributed by atoms with van der Waals surface area (Å²) >= 11 is 0. The van der Waals surface area contributed by atoms with Gasteiger partial charge in [-0.05, 0) is 31.3 Å². The van der Waals surface area contributed by atoms with Crippen LogP contribution in [0.5, 0.6) is 0 Å². The Hall–Kier alpha value is -0.630. The van der Waals surface area contributed by atoms with E-state index in [4.69, 9.17) is 4.74 Å². The molecule has 0 aromatic rings. The van der Waals surface area contributed by atoms with Crippen LogP contribution in [0.15, 0.2) is 12.7 Å². The van der Waals surface area contributed by atoms with E-state index < -0.39 is 5.60 Å². The molecule has 88 valence electrons. The summed E-state index contributed by atoms with van der Waals surface area (Å²) in [6.45, 7) is 16.2. The van der Waals surface area contributed by atoms with Gasteiger partial charge in [-0.25, -0.2) is 0 Å². The second kappa shape index (κ2) is 4.93. The van der Waals surface area contributed by atoms with Crippen LogP contribution in [-0.4, -0.2) is 18.0 Å². The van der Waals surface area contributed by atoms with Crippen LogP contribution in [0, 0.1) is 11.3 Å². The van der Waals surface area contributed by atoms with Crippen molar-refractivity contribution in [2.45, 2.75) is 47.1 Å². The lowest BCUT2D eigenvalue weighted by Crippen LogP contribution is -2.38. The maximum absolute atomic E-state index is 11.5. The molecular weight excluding hydrogens is 188 g/mol. The minimum Gasteiger partial charge on any atom is -0.367 e. The van der Waals surface area contributed by atoms with Gasteiger partial charge in [-0.2, -0.15) is 0 Å². The molecule has 0 N–H and O–H groups in total. The molecule has 0 amide bonds. The molecule has 0 aliphatic heterocycles. The van der Waals surface area contributed by atoms with Crippen molar-refractivity contribution in [1.29, 1.82) is 0 Å². The Bertz CT molecular complexity index is 237. The van der Waals surface area contributed by atoms with Gasteiger partial charge in [0.25, 0.3) is 0 Å². The molecule has 0 aromatic carbocycles. The van der Waals surface area contributed by atoms with Crippen LogP contribution in [0.1, 0.15) is 41.5 Å². The molecule has 0 aliphatic rings. The highest BCUT2D eigenvalue weighted by molar-refractivity contribution is 5.95. The molecule has 0 fully saturated rings. The van der Waals surface area contributed by atoms with Crippen molar-refractivity contribution in [2.24, 2.45) is 11.3 Å². The van der Waals surface area contributed by atoms with Crippen molar-refractivity contribution < 1.29 is 9.53 Å². The highest BCUT2D eigenvalue weighted by Gasteiger charge is 2.30. The number of rotatable bonds is 6. The van der Waals surface area contributed by atoms with Gasteiger partial charge in [0, 0.05) is 0 Å². The van der Waals surface area contributed by atoms with Gasteiger partial charge in [0.2, 0.25) is 0 Å². The Balaban J connectivity index is 4.38. The van der Waals surface area contributed by atoms with E-state index in [0.717, 1.165) is 0 Å². The van der Waals surface area contributed by atoms with E-state index in [-0.39, 0.29) is 11.2 Å². The normalized spacial score (nSPS) is 13.0.